The van der Waals surface area contributed by atoms with Crippen molar-refractivity contribution in [3.8, 4) is 11.4 Å². The molecule has 1 atom stereocenters. The zero-order valence-corrected chi connectivity index (χ0v) is 25.1. The van der Waals surface area contributed by atoms with Gasteiger partial charge in [-0.2, -0.15) is 5.10 Å². The number of carbonyl (C=O) groups excluding carboxylic acids is 2. The average molecular weight is 597 g/mol. The zero-order valence-electron chi connectivity index (χ0n) is 25.1. The molecule has 7 nitrogen and oxygen atoms in total. The Morgan fingerprint density at radius 2 is 1.88 bits per heavy atom. The molecule has 230 valence electrons. The number of nitrogens with zero attached hydrogens (tertiary/aromatic N) is 3. The van der Waals surface area contributed by atoms with Gasteiger partial charge in [-0.1, -0.05) is 32.9 Å². The number of aromatic nitrogens is 2. The SMILES string of the molecule is C=CC(C)=O.CCCc1nn(-c2ccc(C3CC3)cc2O)c2c1C(CC)N(C(=O)c1ccc(C(C)(F)F)c(F)c1N)CC2. The smallest absolute Gasteiger partial charge is 0.273 e. The first-order valence-corrected chi connectivity index (χ1v) is 14.7. The fourth-order valence-electron chi connectivity index (χ4n) is 5.63. The summed E-state index contributed by atoms with van der Waals surface area (Å²) in [6.45, 7) is 9.59. The molecule has 10 heteroatoms. The van der Waals surface area contributed by atoms with Gasteiger partial charge in [0.25, 0.3) is 11.8 Å². The summed E-state index contributed by atoms with van der Waals surface area (Å²) < 4.78 is 44.2. The van der Waals surface area contributed by atoms with E-state index in [9.17, 15) is 27.9 Å². The Kier molecular flexibility index (Phi) is 9.37. The number of nitrogens with two attached hydrogens (primary N) is 1. The second kappa shape index (κ2) is 12.7. The molecule has 0 saturated heterocycles. The third-order valence-electron chi connectivity index (χ3n) is 7.98. The highest BCUT2D eigenvalue weighted by Gasteiger charge is 2.38. The summed E-state index contributed by atoms with van der Waals surface area (Å²) in [5.41, 5.74) is 8.78. The van der Waals surface area contributed by atoms with E-state index in [0.29, 0.717) is 44.3 Å². The summed E-state index contributed by atoms with van der Waals surface area (Å²) in [6.07, 6.45) is 6.11. The second-order valence-electron chi connectivity index (χ2n) is 11.3. The van der Waals surface area contributed by atoms with E-state index in [4.69, 9.17) is 10.8 Å². The van der Waals surface area contributed by atoms with Crippen LogP contribution in [0, 0.1) is 5.82 Å². The molecule has 1 aromatic heterocycles. The highest BCUT2D eigenvalue weighted by molar-refractivity contribution is 5.99. The van der Waals surface area contributed by atoms with Gasteiger partial charge in [0.1, 0.15) is 11.4 Å². The van der Waals surface area contributed by atoms with Crippen molar-refractivity contribution < 1.29 is 27.9 Å². The molecule has 1 unspecified atom stereocenters. The quantitative estimate of drug-likeness (QED) is 0.212. The number of carbonyl (C=O) groups is 2. The van der Waals surface area contributed by atoms with Crippen molar-refractivity contribution in [3.05, 3.63) is 82.4 Å². The number of fused-ring (bicyclic) bond motifs is 1. The maximum absolute atomic E-state index is 14.8. The molecule has 1 saturated carbocycles. The maximum atomic E-state index is 14.8. The molecule has 0 radical (unpaired) electrons. The fraction of sp³-hybridized carbons (Fsp3) is 0.424. The van der Waals surface area contributed by atoms with Crippen LogP contribution in [0.4, 0.5) is 18.9 Å². The predicted molar refractivity (Wildman–Crippen MR) is 160 cm³/mol. The number of aryl methyl sites for hydroxylation is 1. The molecule has 1 fully saturated rings. The molecule has 3 aromatic rings. The van der Waals surface area contributed by atoms with Crippen LogP contribution in [0.3, 0.4) is 0 Å². The number of phenolic OH excluding ortho intramolecular Hbond substituents is 1. The summed E-state index contributed by atoms with van der Waals surface area (Å²) in [4.78, 5) is 25.0. The zero-order chi connectivity index (χ0) is 31.6. The van der Waals surface area contributed by atoms with E-state index in [0.717, 1.165) is 47.8 Å². The summed E-state index contributed by atoms with van der Waals surface area (Å²) >= 11 is 0. The Balaban J connectivity index is 0.000000782. The first-order valence-electron chi connectivity index (χ1n) is 14.7. The maximum Gasteiger partial charge on any atom is 0.273 e. The van der Waals surface area contributed by atoms with Gasteiger partial charge in [0.15, 0.2) is 11.6 Å². The average Bonchev–Trinajstić information content (AvgIpc) is 3.75. The Morgan fingerprint density at radius 1 is 1.21 bits per heavy atom. The topological polar surface area (TPSA) is 101 Å². The van der Waals surface area contributed by atoms with Gasteiger partial charge >= 0.3 is 0 Å². The van der Waals surface area contributed by atoms with Crippen molar-refractivity contribution in [2.45, 2.75) is 84.1 Å². The van der Waals surface area contributed by atoms with Gasteiger partial charge in [0.05, 0.1) is 34.2 Å². The summed E-state index contributed by atoms with van der Waals surface area (Å²) in [5.74, 6) is -4.49. The Morgan fingerprint density at radius 3 is 2.42 bits per heavy atom. The number of aromatic hydroxyl groups is 1. The summed E-state index contributed by atoms with van der Waals surface area (Å²) in [6, 6.07) is 7.52. The largest absolute Gasteiger partial charge is 0.506 e. The first kappa shape index (κ1) is 31.8. The van der Waals surface area contributed by atoms with E-state index in [1.807, 2.05) is 25.1 Å². The van der Waals surface area contributed by atoms with Crippen molar-refractivity contribution in [2.24, 2.45) is 0 Å². The van der Waals surface area contributed by atoms with Gasteiger partial charge in [-0.3, -0.25) is 9.59 Å². The third-order valence-corrected chi connectivity index (χ3v) is 7.98. The number of allylic oxidation sites excluding steroid dienone is 1. The number of nitrogen functional groups attached to an aromatic ring is 1. The Labute approximate surface area is 250 Å². The highest BCUT2D eigenvalue weighted by Crippen LogP contribution is 2.43. The predicted octanol–water partition coefficient (Wildman–Crippen LogP) is 7.15. The molecule has 2 heterocycles. The van der Waals surface area contributed by atoms with Crippen molar-refractivity contribution >= 4 is 17.4 Å². The third kappa shape index (κ3) is 6.48. The lowest BCUT2D eigenvalue weighted by molar-refractivity contribution is -0.112. The molecule has 0 bridgehead atoms. The van der Waals surface area contributed by atoms with Gasteiger partial charge in [-0.15, -0.1) is 0 Å². The van der Waals surface area contributed by atoms with Crippen molar-refractivity contribution in [1.82, 2.24) is 14.7 Å². The normalized spacial score (nSPS) is 16.3. The number of alkyl halides is 2. The number of halogens is 3. The number of rotatable bonds is 8. The lowest BCUT2D eigenvalue weighted by Gasteiger charge is -2.36. The van der Waals surface area contributed by atoms with E-state index in [1.165, 1.54) is 19.1 Å². The van der Waals surface area contributed by atoms with Crippen LogP contribution >= 0.6 is 0 Å². The van der Waals surface area contributed by atoms with Crippen molar-refractivity contribution in [2.75, 3.05) is 12.3 Å². The van der Waals surface area contributed by atoms with Gasteiger partial charge in [-0.25, -0.2) is 17.9 Å². The molecule has 2 aromatic carbocycles. The number of ketones is 1. The number of amides is 1. The molecule has 1 amide bonds. The van der Waals surface area contributed by atoms with E-state index in [1.54, 1.807) is 9.58 Å². The number of benzene rings is 2. The van der Waals surface area contributed by atoms with E-state index in [2.05, 4.69) is 13.5 Å². The van der Waals surface area contributed by atoms with Crippen LogP contribution in [-0.2, 0) is 23.6 Å². The molecular weight excluding hydrogens is 557 g/mol. The highest BCUT2D eigenvalue weighted by atomic mass is 19.3. The molecule has 2 aliphatic rings. The Bertz CT molecular complexity index is 1540. The summed E-state index contributed by atoms with van der Waals surface area (Å²) in [7, 11) is 0. The molecule has 43 heavy (non-hydrogen) atoms. The number of hydrogen-bond donors (Lipinski definition) is 2. The number of hydrogen-bond acceptors (Lipinski definition) is 5. The number of phenols is 1. The molecule has 5 rings (SSSR count). The van der Waals surface area contributed by atoms with Crippen LogP contribution in [-0.4, -0.2) is 38.0 Å². The van der Waals surface area contributed by atoms with Gasteiger partial charge in [0, 0.05) is 25.5 Å². The van der Waals surface area contributed by atoms with Gasteiger partial charge in [-0.05, 0) is 74.4 Å². The molecule has 1 aliphatic heterocycles. The lowest BCUT2D eigenvalue weighted by Crippen LogP contribution is -2.40. The standard InChI is InChI=1S/C29H33F3N4O2.C4H6O/c1-4-6-20-25-21(5-2)35(28(38)18-10-11-19(29(3,31)32)26(30)27(18)33)14-13-23(25)36(34-20)22-12-9-17(15-24(22)37)16-7-8-16;1-3-4(2)5/h9-12,15-16,21,37H,4-8,13-14,33H2,1-3H3;3H,1H2,2H3. The van der Waals surface area contributed by atoms with Crippen LogP contribution in [0.15, 0.2) is 43.0 Å². The monoisotopic (exact) mass is 596 g/mol. The van der Waals surface area contributed by atoms with E-state index < -0.39 is 28.9 Å². The van der Waals surface area contributed by atoms with Crippen molar-refractivity contribution in [3.63, 3.8) is 0 Å². The van der Waals surface area contributed by atoms with Crippen LogP contribution in [0.2, 0.25) is 0 Å². The second-order valence-corrected chi connectivity index (χ2v) is 11.3. The van der Waals surface area contributed by atoms with Crippen LogP contribution in [0.25, 0.3) is 5.69 Å². The molecule has 3 N–H and O–H groups in total. The molecule has 1 aliphatic carbocycles. The fourth-order valence-corrected chi connectivity index (χ4v) is 5.63. The van der Waals surface area contributed by atoms with Crippen LogP contribution in [0.1, 0.15) is 104 Å². The van der Waals surface area contributed by atoms with Crippen LogP contribution in [0.5, 0.6) is 5.75 Å². The Hall–Kier alpha value is -4.08. The van der Waals surface area contributed by atoms with Gasteiger partial charge < -0.3 is 15.7 Å². The number of anilines is 1. The minimum atomic E-state index is -3.42. The van der Waals surface area contributed by atoms with E-state index >= 15 is 0 Å². The van der Waals surface area contributed by atoms with Crippen LogP contribution < -0.4 is 5.73 Å². The first-order chi connectivity index (χ1) is 20.3. The molecular formula is C33H39F3N4O3. The minimum Gasteiger partial charge on any atom is -0.506 e. The summed E-state index contributed by atoms with van der Waals surface area (Å²) in [5, 5.41) is 15.8. The lowest BCUT2D eigenvalue weighted by atomic mass is 9.91. The minimum absolute atomic E-state index is 0.0185. The van der Waals surface area contributed by atoms with Gasteiger partial charge in [0.2, 0.25) is 0 Å². The van der Waals surface area contributed by atoms with E-state index in [-0.39, 0.29) is 23.1 Å². The van der Waals surface area contributed by atoms with Crippen molar-refractivity contribution in [1.29, 1.82) is 0 Å². The molecule has 0 spiro atoms.